The van der Waals surface area contributed by atoms with Gasteiger partial charge in [-0.25, -0.2) is 13.2 Å². The summed E-state index contributed by atoms with van der Waals surface area (Å²) in [6.07, 6.45) is 0. The van der Waals surface area contributed by atoms with Gasteiger partial charge < -0.3 is 14.2 Å². The van der Waals surface area contributed by atoms with E-state index in [-0.39, 0.29) is 50.9 Å². The van der Waals surface area contributed by atoms with Gasteiger partial charge in [0, 0.05) is 6.07 Å². The maximum atomic E-state index is 13.3. The Labute approximate surface area is 231 Å². The van der Waals surface area contributed by atoms with E-state index in [1.54, 1.807) is 12.1 Å². The fraction of sp³-hybridized carbons (Fsp3) is 0.259. The van der Waals surface area contributed by atoms with Crippen molar-refractivity contribution in [2.24, 2.45) is 0 Å². The minimum atomic E-state index is -4.31. The molecule has 0 aromatic heterocycles. The number of benzene rings is 3. The van der Waals surface area contributed by atoms with Crippen LogP contribution in [0, 0.1) is 0 Å². The van der Waals surface area contributed by atoms with Crippen LogP contribution in [-0.4, -0.2) is 44.5 Å². The summed E-state index contributed by atoms with van der Waals surface area (Å²) in [5, 5.41) is 0.0797. The van der Waals surface area contributed by atoms with Crippen LogP contribution in [0.1, 0.15) is 51.6 Å². The molecule has 1 aliphatic heterocycles. The van der Waals surface area contributed by atoms with Crippen molar-refractivity contribution < 1.29 is 32.2 Å². The number of amides is 1. The molecule has 3 aromatic carbocycles. The number of halogens is 2. The number of rotatable bonds is 10. The Bertz CT molecular complexity index is 1440. The quantitative estimate of drug-likeness (QED) is 0.226. The molecule has 200 valence electrons. The molecule has 0 aliphatic carbocycles. The Morgan fingerprint density at radius 2 is 1.66 bits per heavy atom. The van der Waals surface area contributed by atoms with E-state index < -0.39 is 28.6 Å². The summed E-state index contributed by atoms with van der Waals surface area (Å²) < 4.78 is 43.7. The highest BCUT2D eigenvalue weighted by molar-refractivity contribution is 7.90. The summed E-state index contributed by atoms with van der Waals surface area (Å²) in [5.41, 5.74) is 1.43. The van der Waals surface area contributed by atoms with Crippen LogP contribution < -0.4 is 4.74 Å². The molecule has 1 heterocycles. The summed E-state index contributed by atoms with van der Waals surface area (Å²) >= 11 is 12.1. The lowest BCUT2D eigenvalue weighted by Crippen LogP contribution is -2.33. The summed E-state index contributed by atoms with van der Waals surface area (Å²) in [6, 6.07) is 17.1. The molecular formula is C27H25Cl2NO7S. The van der Waals surface area contributed by atoms with Gasteiger partial charge in [-0.1, -0.05) is 73.4 Å². The summed E-state index contributed by atoms with van der Waals surface area (Å²) in [6.45, 7) is 3.71. The SMILES string of the molecule is CC(C)c1cc(OCCOCc2ccccc2)cc2c1C(=O)N(COC(=O)c1c(Cl)cccc1Cl)S2(=O)=O. The number of sulfonamides is 1. The number of fused-ring (bicyclic) bond motifs is 1. The first-order valence-electron chi connectivity index (χ1n) is 11.7. The first-order chi connectivity index (χ1) is 18.1. The molecule has 0 spiro atoms. The van der Waals surface area contributed by atoms with Crippen molar-refractivity contribution in [3.8, 4) is 5.75 Å². The van der Waals surface area contributed by atoms with Crippen LogP contribution in [0.15, 0.2) is 65.6 Å². The molecule has 0 unspecified atom stereocenters. The van der Waals surface area contributed by atoms with Crippen LogP contribution >= 0.6 is 23.2 Å². The van der Waals surface area contributed by atoms with Crippen molar-refractivity contribution in [3.63, 3.8) is 0 Å². The third-order valence-corrected chi connectivity index (χ3v) is 8.18. The third-order valence-electron chi connectivity index (χ3n) is 5.82. The van der Waals surface area contributed by atoms with Gasteiger partial charge >= 0.3 is 5.97 Å². The topological polar surface area (TPSA) is 99.2 Å². The van der Waals surface area contributed by atoms with Gasteiger partial charge in [0.05, 0.1) is 34.4 Å². The molecule has 8 nitrogen and oxygen atoms in total. The smallest absolute Gasteiger partial charge is 0.342 e. The predicted octanol–water partition coefficient (Wildman–Crippen LogP) is 5.67. The molecule has 1 amide bonds. The molecule has 0 saturated heterocycles. The van der Waals surface area contributed by atoms with Gasteiger partial charge in [0.15, 0.2) is 6.73 Å². The highest BCUT2D eigenvalue weighted by Crippen LogP contribution is 2.39. The molecule has 38 heavy (non-hydrogen) atoms. The standard InChI is InChI=1S/C27H25Cl2NO7S/c1-17(2)20-13-19(36-12-11-35-15-18-7-4-3-5-8-18)14-23-24(20)26(31)30(38(23,33)34)16-37-27(32)25-21(28)9-6-10-22(25)29/h3-10,13-14,17H,11-12,15-16H2,1-2H3. The van der Waals surface area contributed by atoms with Gasteiger partial charge in [0.2, 0.25) is 0 Å². The van der Waals surface area contributed by atoms with E-state index in [9.17, 15) is 18.0 Å². The molecule has 0 atom stereocenters. The van der Waals surface area contributed by atoms with Crippen LogP contribution in [0.4, 0.5) is 0 Å². The van der Waals surface area contributed by atoms with Crippen LogP contribution in [0.2, 0.25) is 10.0 Å². The molecule has 0 N–H and O–H groups in total. The Morgan fingerprint density at radius 3 is 2.32 bits per heavy atom. The molecule has 4 rings (SSSR count). The van der Waals surface area contributed by atoms with Crippen LogP contribution in [0.3, 0.4) is 0 Å². The molecule has 0 radical (unpaired) electrons. The van der Waals surface area contributed by atoms with Crippen molar-refractivity contribution in [2.45, 2.75) is 31.3 Å². The lowest BCUT2D eigenvalue weighted by Gasteiger charge is -2.16. The Balaban J connectivity index is 1.49. The maximum Gasteiger partial charge on any atom is 0.342 e. The second-order valence-corrected chi connectivity index (χ2v) is 11.4. The van der Waals surface area contributed by atoms with E-state index >= 15 is 0 Å². The fourth-order valence-electron chi connectivity index (χ4n) is 3.93. The molecular weight excluding hydrogens is 553 g/mol. The molecule has 3 aromatic rings. The van der Waals surface area contributed by atoms with Crippen molar-refractivity contribution in [1.82, 2.24) is 4.31 Å². The first kappa shape index (κ1) is 27.9. The van der Waals surface area contributed by atoms with Crippen molar-refractivity contribution in [3.05, 3.63) is 93.0 Å². The number of hydrogen-bond acceptors (Lipinski definition) is 7. The number of hydrogen-bond donors (Lipinski definition) is 0. The van der Waals surface area contributed by atoms with Gasteiger partial charge in [-0.2, -0.15) is 4.31 Å². The van der Waals surface area contributed by atoms with Crippen LogP contribution in [-0.2, 0) is 26.1 Å². The molecule has 0 fully saturated rings. The van der Waals surface area contributed by atoms with Crippen molar-refractivity contribution in [2.75, 3.05) is 19.9 Å². The largest absolute Gasteiger partial charge is 0.491 e. The summed E-state index contributed by atoms with van der Waals surface area (Å²) in [7, 11) is -4.31. The first-order valence-corrected chi connectivity index (χ1v) is 13.9. The van der Waals surface area contributed by atoms with Crippen LogP contribution in [0.25, 0.3) is 0 Å². The fourth-order valence-corrected chi connectivity index (χ4v) is 5.95. The Hall–Kier alpha value is -3.11. The minimum absolute atomic E-state index is 0.0273. The maximum absolute atomic E-state index is 13.3. The Kier molecular flexibility index (Phi) is 8.62. The summed E-state index contributed by atoms with van der Waals surface area (Å²) in [4.78, 5) is 25.6. The monoisotopic (exact) mass is 577 g/mol. The molecule has 1 aliphatic rings. The average molecular weight is 578 g/mol. The van der Waals surface area contributed by atoms with Crippen molar-refractivity contribution >= 4 is 45.1 Å². The zero-order chi connectivity index (χ0) is 27.4. The van der Waals surface area contributed by atoms with Gasteiger partial charge in [-0.15, -0.1) is 0 Å². The van der Waals surface area contributed by atoms with Crippen molar-refractivity contribution in [1.29, 1.82) is 0 Å². The lowest BCUT2D eigenvalue weighted by molar-refractivity contribution is 0.0358. The second-order valence-electron chi connectivity index (χ2n) is 8.74. The zero-order valence-corrected chi connectivity index (χ0v) is 23.0. The molecule has 0 bridgehead atoms. The second kappa shape index (κ2) is 11.7. The average Bonchev–Trinajstić information content (AvgIpc) is 3.07. The van der Waals surface area contributed by atoms with Gasteiger partial charge in [0.1, 0.15) is 17.3 Å². The lowest BCUT2D eigenvalue weighted by atomic mass is 9.96. The van der Waals surface area contributed by atoms with Gasteiger partial charge in [-0.3, -0.25) is 4.79 Å². The molecule has 11 heteroatoms. The van der Waals surface area contributed by atoms with Crippen LogP contribution in [0.5, 0.6) is 5.75 Å². The van der Waals surface area contributed by atoms with E-state index in [2.05, 4.69) is 0 Å². The highest BCUT2D eigenvalue weighted by atomic mass is 35.5. The zero-order valence-electron chi connectivity index (χ0n) is 20.6. The molecule has 0 saturated carbocycles. The number of nitrogens with zero attached hydrogens (tertiary/aromatic N) is 1. The van der Waals surface area contributed by atoms with E-state index in [4.69, 9.17) is 37.4 Å². The van der Waals surface area contributed by atoms with E-state index in [1.807, 2.05) is 44.2 Å². The normalized spacial score (nSPS) is 14.0. The third kappa shape index (κ3) is 5.81. The number of carbonyl (C=O) groups is 2. The van der Waals surface area contributed by atoms with E-state index in [1.165, 1.54) is 18.2 Å². The summed E-state index contributed by atoms with van der Waals surface area (Å²) in [5.74, 6) is -1.65. The highest BCUT2D eigenvalue weighted by Gasteiger charge is 2.44. The van der Waals surface area contributed by atoms with E-state index in [0.29, 0.717) is 16.5 Å². The van der Waals surface area contributed by atoms with Gasteiger partial charge in [0.25, 0.3) is 15.9 Å². The number of ether oxygens (including phenoxy) is 3. The minimum Gasteiger partial charge on any atom is -0.491 e. The number of carbonyl (C=O) groups excluding carboxylic acids is 2. The van der Waals surface area contributed by atoms with Gasteiger partial charge in [-0.05, 0) is 35.2 Å². The Morgan fingerprint density at radius 1 is 0.974 bits per heavy atom. The number of esters is 1. The van der Waals surface area contributed by atoms with E-state index in [0.717, 1.165) is 5.56 Å². The predicted molar refractivity (Wildman–Crippen MR) is 142 cm³/mol.